The van der Waals surface area contributed by atoms with E-state index in [-0.39, 0.29) is 6.09 Å². The number of amides is 1. The summed E-state index contributed by atoms with van der Waals surface area (Å²) in [4.78, 5) is 20.0. The summed E-state index contributed by atoms with van der Waals surface area (Å²) in [5.41, 5.74) is 1.71. The number of rotatable bonds is 1. The number of ether oxygens (including phenoxy) is 1. The van der Waals surface area contributed by atoms with Crippen molar-refractivity contribution in [1.82, 2.24) is 9.88 Å². The number of hydrogen-bond donors (Lipinski definition) is 0. The minimum absolute atomic E-state index is 0.273. The fourth-order valence-electron chi connectivity index (χ4n) is 2.57. The molecule has 2 aromatic rings. The predicted octanol–water partition coefficient (Wildman–Crippen LogP) is 2.37. The highest BCUT2D eigenvalue weighted by molar-refractivity contribution is 5.67. The normalized spacial score (nSPS) is 13.9. The van der Waals surface area contributed by atoms with E-state index < -0.39 is 0 Å². The minimum atomic E-state index is -0.273. The lowest BCUT2D eigenvalue weighted by Crippen LogP contribution is -2.49. The molecule has 24 heavy (non-hydrogen) atoms. The van der Waals surface area contributed by atoms with Crippen LogP contribution in [0.2, 0.25) is 0 Å². The maximum absolute atomic E-state index is 11.5. The van der Waals surface area contributed by atoms with Crippen LogP contribution in [0, 0.1) is 11.8 Å². The van der Waals surface area contributed by atoms with E-state index in [1.807, 2.05) is 48.5 Å². The Morgan fingerprint density at radius 1 is 1.00 bits per heavy atom. The Balaban J connectivity index is 1.68. The van der Waals surface area contributed by atoms with Crippen molar-refractivity contribution in [2.75, 3.05) is 38.2 Å². The number of carbonyl (C=O) groups is 1. The molecule has 0 spiro atoms. The minimum Gasteiger partial charge on any atom is -0.453 e. The van der Waals surface area contributed by atoms with Crippen molar-refractivity contribution >= 4 is 11.9 Å². The molecule has 1 aromatic heterocycles. The van der Waals surface area contributed by atoms with E-state index in [1.54, 1.807) is 4.90 Å². The van der Waals surface area contributed by atoms with Crippen LogP contribution in [0.15, 0.2) is 48.5 Å². The average molecular weight is 321 g/mol. The third-order valence-corrected chi connectivity index (χ3v) is 3.88. The molecule has 3 rings (SSSR count). The highest BCUT2D eigenvalue weighted by Gasteiger charge is 2.22. The van der Waals surface area contributed by atoms with Crippen LogP contribution in [0.3, 0.4) is 0 Å². The summed E-state index contributed by atoms with van der Waals surface area (Å²) in [6.07, 6.45) is -0.273. The summed E-state index contributed by atoms with van der Waals surface area (Å²) in [6, 6.07) is 15.7. The van der Waals surface area contributed by atoms with Crippen LogP contribution >= 0.6 is 0 Å². The lowest BCUT2D eigenvalue weighted by Gasteiger charge is -2.34. The Labute approximate surface area is 141 Å². The molecule has 0 unspecified atom stereocenters. The quantitative estimate of drug-likeness (QED) is 0.757. The van der Waals surface area contributed by atoms with Gasteiger partial charge in [0.25, 0.3) is 0 Å². The van der Waals surface area contributed by atoms with Gasteiger partial charge in [-0.25, -0.2) is 9.78 Å². The van der Waals surface area contributed by atoms with Crippen molar-refractivity contribution in [1.29, 1.82) is 0 Å². The van der Waals surface area contributed by atoms with Gasteiger partial charge >= 0.3 is 6.09 Å². The molecule has 0 bridgehead atoms. The molecule has 0 radical (unpaired) electrons. The first-order valence-electron chi connectivity index (χ1n) is 7.88. The van der Waals surface area contributed by atoms with Gasteiger partial charge in [-0.3, -0.25) is 0 Å². The van der Waals surface area contributed by atoms with E-state index in [0.29, 0.717) is 13.1 Å². The summed E-state index contributed by atoms with van der Waals surface area (Å²) in [5, 5.41) is 0. The first-order valence-corrected chi connectivity index (χ1v) is 7.88. The predicted molar refractivity (Wildman–Crippen MR) is 92.9 cm³/mol. The molecule has 0 aliphatic carbocycles. The van der Waals surface area contributed by atoms with Crippen molar-refractivity contribution in [3.63, 3.8) is 0 Å². The molecule has 0 saturated carbocycles. The molecule has 5 heteroatoms. The van der Waals surface area contributed by atoms with Crippen LogP contribution in [0.1, 0.15) is 11.3 Å². The van der Waals surface area contributed by atoms with Gasteiger partial charge in [0.1, 0.15) is 11.5 Å². The second-order valence-electron chi connectivity index (χ2n) is 5.44. The molecular formula is C19H19N3O2. The average Bonchev–Trinajstić information content (AvgIpc) is 2.67. The summed E-state index contributed by atoms with van der Waals surface area (Å²) in [5.74, 6) is 7.11. The van der Waals surface area contributed by atoms with Gasteiger partial charge in [0.2, 0.25) is 0 Å². The Morgan fingerprint density at radius 2 is 1.75 bits per heavy atom. The molecule has 0 atom stereocenters. The summed E-state index contributed by atoms with van der Waals surface area (Å²) >= 11 is 0. The SMILES string of the molecule is COC(=O)N1CCN(c2cccc(C#Cc3ccccc3)n2)CC1. The standard InChI is InChI=1S/C19H19N3O2/c1-24-19(23)22-14-12-21(13-15-22)18-9-5-8-17(20-18)11-10-16-6-3-2-4-7-16/h2-9H,12-15H2,1H3. The summed E-state index contributed by atoms with van der Waals surface area (Å²) in [6.45, 7) is 2.73. The van der Waals surface area contributed by atoms with E-state index in [2.05, 4.69) is 21.7 Å². The second-order valence-corrected chi connectivity index (χ2v) is 5.44. The van der Waals surface area contributed by atoms with Crippen LogP contribution in [0.4, 0.5) is 10.6 Å². The second kappa shape index (κ2) is 7.51. The van der Waals surface area contributed by atoms with Crippen LogP contribution in [0.5, 0.6) is 0 Å². The Morgan fingerprint density at radius 3 is 2.46 bits per heavy atom. The highest BCUT2D eigenvalue weighted by Crippen LogP contribution is 2.14. The molecule has 0 N–H and O–H groups in total. The number of piperazine rings is 1. The zero-order valence-corrected chi connectivity index (χ0v) is 13.6. The van der Waals surface area contributed by atoms with E-state index in [9.17, 15) is 4.79 Å². The number of methoxy groups -OCH3 is 1. The van der Waals surface area contributed by atoms with Gasteiger partial charge < -0.3 is 14.5 Å². The van der Waals surface area contributed by atoms with E-state index >= 15 is 0 Å². The molecule has 2 heterocycles. The fourth-order valence-corrected chi connectivity index (χ4v) is 2.57. The first kappa shape index (κ1) is 15.9. The Kier molecular flexibility index (Phi) is 4.97. The van der Waals surface area contributed by atoms with Gasteiger partial charge in [-0.2, -0.15) is 0 Å². The Bertz CT molecular complexity index is 757. The number of nitrogens with zero attached hydrogens (tertiary/aromatic N) is 3. The van der Waals surface area contributed by atoms with Gasteiger partial charge in [0.15, 0.2) is 0 Å². The van der Waals surface area contributed by atoms with Gasteiger partial charge in [-0.1, -0.05) is 30.2 Å². The topological polar surface area (TPSA) is 45.7 Å². The number of hydrogen-bond acceptors (Lipinski definition) is 4. The molecule has 5 nitrogen and oxygen atoms in total. The maximum Gasteiger partial charge on any atom is 0.409 e. The molecule has 1 aromatic carbocycles. The van der Waals surface area contributed by atoms with E-state index in [4.69, 9.17) is 4.74 Å². The van der Waals surface area contributed by atoms with Gasteiger partial charge in [-0.15, -0.1) is 0 Å². The third-order valence-electron chi connectivity index (χ3n) is 3.88. The van der Waals surface area contributed by atoms with Crippen molar-refractivity contribution < 1.29 is 9.53 Å². The smallest absolute Gasteiger partial charge is 0.409 e. The monoisotopic (exact) mass is 321 g/mol. The zero-order valence-electron chi connectivity index (χ0n) is 13.6. The van der Waals surface area contributed by atoms with Crippen molar-refractivity contribution in [2.45, 2.75) is 0 Å². The lowest BCUT2D eigenvalue weighted by atomic mass is 10.2. The molecular weight excluding hydrogens is 302 g/mol. The number of anilines is 1. The molecule has 1 aliphatic rings. The maximum atomic E-state index is 11.5. The zero-order chi connectivity index (χ0) is 16.8. The van der Waals surface area contributed by atoms with Gasteiger partial charge in [0, 0.05) is 31.7 Å². The van der Waals surface area contributed by atoms with Gasteiger partial charge in [-0.05, 0) is 30.2 Å². The largest absolute Gasteiger partial charge is 0.453 e. The summed E-state index contributed by atoms with van der Waals surface area (Å²) < 4.78 is 4.76. The molecule has 1 saturated heterocycles. The molecule has 122 valence electrons. The molecule has 1 fully saturated rings. The van der Waals surface area contributed by atoms with E-state index in [0.717, 1.165) is 30.2 Å². The van der Waals surface area contributed by atoms with Crippen molar-refractivity contribution in [3.8, 4) is 11.8 Å². The number of benzene rings is 1. The van der Waals surface area contributed by atoms with Crippen LogP contribution in [-0.2, 0) is 4.74 Å². The van der Waals surface area contributed by atoms with Crippen molar-refractivity contribution in [2.24, 2.45) is 0 Å². The number of aromatic nitrogens is 1. The molecule has 1 amide bonds. The van der Waals surface area contributed by atoms with Crippen LogP contribution < -0.4 is 4.90 Å². The molecule has 1 aliphatic heterocycles. The lowest BCUT2D eigenvalue weighted by molar-refractivity contribution is 0.121. The van der Waals surface area contributed by atoms with Crippen molar-refractivity contribution in [3.05, 3.63) is 59.8 Å². The Hall–Kier alpha value is -3.00. The number of carbonyl (C=O) groups excluding carboxylic acids is 1. The van der Waals surface area contributed by atoms with Crippen LogP contribution in [-0.4, -0.2) is 49.3 Å². The first-order chi connectivity index (χ1) is 11.8. The number of pyridine rings is 1. The van der Waals surface area contributed by atoms with Crippen LogP contribution in [0.25, 0.3) is 0 Å². The van der Waals surface area contributed by atoms with E-state index in [1.165, 1.54) is 7.11 Å². The third kappa shape index (κ3) is 3.85. The van der Waals surface area contributed by atoms with Gasteiger partial charge in [0.05, 0.1) is 7.11 Å². The fraction of sp³-hybridized carbons (Fsp3) is 0.263. The summed E-state index contributed by atoms with van der Waals surface area (Å²) in [7, 11) is 1.41. The highest BCUT2D eigenvalue weighted by atomic mass is 16.5.